The Morgan fingerprint density at radius 2 is 1.84 bits per heavy atom. The fraction of sp³-hybridized carbons (Fsp3) is 0.917. The van der Waals surface area contributed by atoms with E-state index in [9.17, 15) is 18.0 Å². The minimum absolute atomic E-state index is 0.0253. The second kappa shape index (κ2) is 6.09. The lowest BCUT2D eigenvalue weighted by atomic mass is 10.1. The maximum absolute atomic E-state index is 12.6. The van der Waals surface area contributed by atoms with E-state index in [1.165, 1.54) is 0 Å². The average molecular weight is 280 g/mol. The van der Waals surface area contributed by atoms with E-state index in [-0.39, 0.29) is 25.6 Å². The van der Waals surface area contributed by atoms with E-state index >= 15 is 0 Å². The molecule has 0 aromatic rings. The molecule has 0 saturated carbocycles. The van der Waals surface area contributed by atoms with E-state index in [1.807, 2.05) is 0 Å². The fourth-order valence-electron chi connectivity index (χ4n) is 2.48. The zero-order valence-corrected chi connectivity index (χ0v) is 10.8. The molecule has 0 aromatic carbocycles. The second-order valence-electron chi connectivity index (χ2n) is 5.08. The number of halogens is 3. The third-order valence-electron chi connectivity index (χ3n) is 3.58. The van der Waals surface area contributed by atoms with Gasteiger partial charge in [0, 0.05) is 26.2 Å². The summed E-state index contributed by atoms with van der Waals surface area (Å²) in [7, 11) is 0. The van der Waals surface area contributed by atoms with E-state index in [0.29, 0.717) is 6.54 Å². The van der Waals surface area contributed by atoms with E-state index in [0.717, 1.165) is 32.4 Å². The first-order chi connectivity index (χ1) is 8.97. The number of amides is 1. The number of piperidine rings is 1. The summed E-state index contributed by atoms with van der Waals surface area (Å²) in [6.07, 6.45) is -3.03. The molecule has 1 atom stereocenters. The standard InChI is InChI=1S/C12H19F3N2O2/c13-12(14,15)10-8-16(6-7-19-10)9-11(18)17-4-2-1-3-5-17/h10H,1-9H2/t10-/m1/s1. The van der Waals surface area contributed by atoms with Crippen LogP contribution in [0.1, 0.15) is 19.3 Å². The summed E-state index contributed by atoms with van der Waals surface area (Å²) >= 11 is 0. The van der Waals surface area contributed by atoms with Crippen LogP contribution in [0.4, 0.5) is 13.2 Å². The number of nitrogens with zero attached hydrogens (tertiary/aromatic N) is 2. The molecule has 0 N–H and O–H groups in total. The zero-order chi connectivity index (χ0) is 13.9. The lowest BCUT2D eigenvalue weighted by Crippen LogP contribution is -2.52. The van der Waals surface area contributed by atoms with Crippen molar-refractivity contribution < 1.29 is 22.7 Å². The third-order valence-corrected chi connectivity index (χ3v) is 3.58. The lowest BCUT2D eigenvalue weighted by molar-refractivity contribution is -0.237. The molecular formula is C12H19F3N2O2. The van der Waals surface area contributed by atoms with E-state index in [2.05, 4.69) is 0 Å². The largest absolute Gasteiger partial charge is 0.415 e. The van der Waals surface area contributed by atoms with Crippen molar-refractivity contribution in [2.75, 3.05) is 39.3 Å². The summed E-state index contributed by atoms with van der Waals surface area (Å²) in [4.78, 5) is 15.3. The summed E-state index contributed by atoms with van der Waals surface area (Å²) in [6.45, 7) is 1.68. The van der Waals surface area contributed by atoms with Crippen molar-refractivity contribution >= 4 is 5.91 Å². The molecule has 110 valence electrons. The van der Waals surface area contributed by atoms with Crippen LogP contribution in [0, 0.1) is 0 Å². The van der Waals surface area contributed by atoms with Gasteiger partial charge in [-0.25, -0.2) is 0 Å². The molecule has 4 nitrogen and oxygen atoms in total. The van der Waals surface area contributed by atoms with E-state index in [4.69, 9.17) is 4.74 Å². The molecule has 1 amide bonds. The van der Waals surface area contributed by atoms with Crippen LogP contribution in [0.2, 0.25) is 0 Å². The van der Waals surface area contributed by atoms with E-state index in [1.54, 1.807) is 9.80 Å². The molecule has 2 fully saturated rings. The van der Waals surface area contributed by atoms with Crippen molar-refractivity contribution in [1.82, 2.24) is 9.80 Å². The summed E-state index contributed by atoms with van der Waals surface area (Å²) in [5.74, 6) is -0.0671. The van der Waals surface area contributed by atoms with Crippen LogP contribution in [0.3, 0.4) is 0 Å². The number of hydrogen-bond acceptors (Lipinski definition) is 3. The lowest BCUT2D eigenvalue weighted by Gasteiger charge is -2.35. The highest BCUT2D eigenvalue weighted by Crippen LogP contribution is 2.25. The van der Waals surface area contributed by atoms with Crippen LogP contribution in [0.25, 0.3) is 0 Å². The zero-order valence-electron chi connectivity index (χ0n) is 10.8. The van der Waals surface area contributed by atoms with Crippen molar-refractivity contribution in [1.29, 1.82) is 0 Å². The van der Waals surface area contributed by atoms with Gasteiger partial charge in [0.15, 0.2) is 6.10 Å². The Labute approximate surface area is 110 Å². The number of rotatable bonds is 2. The number of likely N-dealkylation sites (tertiary alicyclic amines) is 1. The van der Waals surface area contributed by atoms with Crippen molar-refractivity contribution in [3.05, 3.63) is 0 Å². The third kappa shape index (κ3) is 4.07. The van der Waals surface area contributed by atoms with Gasteiger partial charge in [0.25, 0.3) is 0 Å². The molecule has 0 aromatic heterocycles. The summed E-state index contributed by atoms with van der Waals surface area (Å²) in [6, 6.07) is 0. The number of morpholine rings is 1. The number of alkyl halides is 3. The van der Waals surface area contributed by atoms with Gasteiger partial charge in [-0.05, 0) is 19.3 Å². The summed E-state index contributed by atoms with van der Waals surface area (Å²) in [5.41, 5.74) is 0. The number of ether oxygens (including phenoxy) is 1. The van der Waals surface area contributed by atoms with Gasteiger partial charge < -0.3 is 9.64 Å². The van der Waals surface area contributed by atoms with Gasteiger partial charge in [-0.2, -0.15) is 13.2 Å². The Kier molecular flexibility index (Phi) is 4.67. The SMILES string of the molecule is O=C(CN1CCO[C@@H](C(F)(F)F)C1)N1CCCCC1. The Hall–Kier alpha value is -0.820. The highest BCUT2D eigenvalue weighted by atomic mass is 19.4. The fourth-order valence-corrected chi connectivity index (χ4v) is 2.48. The molecule has 2 aliphatic heterocycles. The minimum atomic E-state index is -4.35. The first-order valence-corrected chi connectivity index (χ1v) is 6.65. The highest BCUT2D eigenvalue weighted by molar-refractivity contribution is 5.78. The van der Waals surface area contributed by atoms with Crippen LogP contribution >= 0.6 is 0 Å². The van der Waals surface area contributed by atoms with Crippen LogP contribution in [0.15, 0.2) is 0 Å². The first kappa shape index (κ1) is 14.6. The van der Waals surface area contributed by atoms with Crippen molar-refractivity contribution in [3.63, 3.8) is 0 Å². The predicted molar refractivity (Wildman–Crippen MR) is 62.7 cm³/mol. The molecule has 2 heterocycles. The molecule has 0 spiro atoms. The normalized spacial score (nSPS) is 26.5. The number of hydrogen-bond donors (Lipinski definition) is 0. The van der Waals surface area contributed by atoms with Gasteiger partial charge in [0.2, 0.25) is 5.91 Å². The second-order valence-corrected chi connectivity index (χ2v) is 5.08. The maximum Gasteiger partial charge on any atom is 0.415 e. The number of carbonyl (C=O) groups is 1. The smallest absolute Gasteiger partial charge is 0.366 e. The Morgan fingerprint density at radius 1 is 1.16 bits per heavy atom. The van der Waals surface area contributed by atoms with Gasteiger partial charge in [-0.1, -0.05) is 0 Å². The molecular weight excluding hydrogens is 261 g/mol. The summed E-state index contributed by atoms with van der Waals surface area (Å²) < 4.78 is 42.4. The quantitative estimate of drug-likeness (QED) is 0.763. The van der Waals surface area contributed by atoms with Crippen LogP contribution in [-0.4, -0.2) is 67.3 Å². The molecule has 2 aliphatic rings. The van der Waals surface area contributed by atoms with Gasteiger partial charge in [-0.3, -0.25) is 9.69 Å². The molecule has 19 heavy (non-hydrogen) atoms. The average Bonchev–Trinajstić information content (AvgIpc) is 2.39. The Balaban J connectivity index is 1.83. The minimum Gasteiger partial charge on any atom is -0.366 e. The van der Waals surface area contributed by atoms with Crippen molar-refractivity contribution in [3.8, 4) is 0 Å². The molecule has 0 aliphatic carbocycles. The van der Waals surface area contributed by atoms with Crippen LogP contribution < -0.4 is 0 Å². The van der Waals surface area contributed by atoms with Crippen molar-refractivity contribution in [2.24, 2.45) is 0 Å². The number of carbonyl (C=O) groups excluding carboxylic acids is 1. The molecule has 0 unspecified atom stereocenters. The molecule has 7 heteroatoms. The molecule has 0 radical (unpaired) electrons. The van der Waals surface area contributed by atoms with Gasteiger partial charge in [0.05, 0.1) is 13.2 Å². The van der Waals surface area contributed by atoms with Crippen LogP contribution in [0.5, 0.6) is 0 Å². The predicted octanol–water partition coefficient (Wildman–Crippen LogP) is 1.26. The summed E-state index contributed by atoms with van der Waals surface area (Å²) in [5, 5.41) is 0. The Morgan fingerprint density at radius 3 is 2.47 bits per heavy atom. The molecule has 2 saturated heterocycles. The van der Waals surface area contributed by atoms with E-state index < -0.39 is 12.3 Å². The van der Waals surface area contributed by atoms with Gasteiger partial charge in [0.1, 0.15) is 0 Å². The van der Waals surface area contributed by atoms with Gasteiger partial charge in [-0.15, -0.1) is 0 Å². The highest BCUT2D eigenvalue weighted by Gasteiger charge is 2.43. The van der Waals surface area contributed by atoms with Gasteiger partial charge >= 0.3 is 6.18 Å². The van der Waals surface area contributed by atoms with Crippen LogP contribution in [-0.2, 0) is 9.53 Å². The van der Waals surface area contributed by atoms with Crippen molar-refractivity contribution in [2.45, 2.75) is 31.5 Å². The first-order valence-electron chi connectivity index (χ1n) is 6.65. The monoisotopic (exact) mass is 280 g/mol. The Bertz CT molecular complexity index is 317. The maximum atomic E-state index is 12.6. The molecule has 0 bridgehead atoms. The topological polar surface area (TPSA) is 32.8 Å². The molecule has 2 rings (SSSR count).